The molecule has 1 aromatic carbocycles. The van der Waals surface area contributed by atoms with E-state index >= 15 is 0 Å². The van der Waals surface area contributed by atoms with Crippen LogP contribution in [0.25, 0.3) is 5.57 Å². The summed E-state index contributed by atoms with van der Waals surface area (Å²) in [6, 6.07) is 4.74. The minimum Gasteiger partial charge on any atom is -0.378 e. The van der Waals surface area contributed by atoms with Crippen LogP contribution in [0.1, 0.15) is 127 Å². The van der Waals surface area contributed by atoms with Gasteiger partial charge in [0.1, 0.15) is 6.04 Å². The quantitative estimate of drug-likeness (QED) is 0.261. The maximum atomic E-state index is 14.3. The van der Waals surface area contributed by atoms with Gasteiger partial charge < -0.3 is 39.3 Å². The Kier molecular flexibility index (Phi) is 13.9. The number of aliphatic imine (C=N–C) groups is 2. The second kappa shape index (κ2) is 20.0. The molecule has 368 valence electrons. The molecule has 0 spiro atoms. The highest BCUT2D eigenvalue weighted by molar-refractivity contribution is 6.04. The molecule has 2 unspecified atom stereocenters. The Labute approximate surface area is 403 Å². The zero-order valence-corrected chi connectivity index (χ0v) is 41.3. The number of urea groups is 1. The molecule has 1 N–H and O–H groups in total. The van der Waals surface area contributed by atoms with Crippen LogP contribution >= 0.6 is 0 Å². The van der Waals surface area contributed by atoms with Crippen LogP contribution in [0.3, 0.4) is 0 Å². The lowest BCUT2D eigenvalue weighted by Gasteiger charge is -2.37. The molecule has 0 aromatic heterocycles. The molecule has 0 aliphatic carbocycles. The minimum atomic E-state index is -0.579. The topological polar surface area (TPSA) is 143 Å². The number of allylic oxidation sites excluding steroid dienone is 2. The Morgan fingerprint density at radius 3 is 1.91 bits per heavy atom. The van der Waals surface area contributed by atoms with Crippen molar-refractivity contribution >= 4 is 46.4 Å². The van der Waals surface area contributed by atoms with E-state index in [0.29, 0.717) is 83.7 Å². The predicted octanol–water partition coefficient (Wildman–Crippen LogP) is 6.21. The van der Waals surface area contributed by atoms with Gasteiger partial charge in [-0.25, -0.2) is 4.79 Å². The van der Waals surface area contributed by atoms with Crippen LogP contribution in [-0.2, 0) is 23.9 Å². The van der Waals surface area contributed by atoms with Crippen molar-refractivity contribution in [1.29, 1.82) is 0 Å². The molecular weight excluding hydrogens is 859 g/mol. The van der Waals surface area contributed by atoms with Gasteiger partial charge >= 0.3 is 6.03 Å². The van der Waals surface area contributed by atoms with E-state index in [4.69, 9.17) is 19.5 Å². The molecule has 5 amide bonds. The maximum absolute atomic E-state index is 14.3. The normalized spacial score (nSPS) is 27.5. The summed E-state index contributed by atoms with van der Waals surface area (Å²) in [5.41, 5.74) is 10.5. The molecule has 0 saturated carbocycles. The van der Waals surface area contributed by atoms with E-state index in [-0.39, 0.29) is 60.0 Å². The zero-order chi connectivity index (χ0) is 47.2. The summed E-state index contributed by atoms with van der Waals surface area (Å²) < 4.78 is 10.9. The van der Waals surface area contributed by atoms with E-state index in [2.05, 4.69) is 65.4 Å². The van der Waals surface area contributed by atoms with Gasteiger partial charge in [0.15, 0.2) is 0 Å². The number of carbonyl (C=O) groups is 4. The van der Waals surface area contributed by atoms with Crippen LogP contribution in [0.2, 0.25) is 0 Å². The fourth-order valence-electron chi connectivity index (χ4n) is 13.1. The van der Waals surface area contributed by atoms with Gasteiger partial charge in [-0.15, -0.1) is 0 Å². The van der Waals surface area contributed by atoms with Gasteiger partial charge in [-0.3, -0.25) is 29.3 Å². The SMILES string of the molecule is CC(C)[C@H](CC(=O)N1CCOCC1)C(=O)N1CCC[C@H]1C1=NC=C(c2ccc(N3CCC(C4=CN=C([C@@H]5CCCN5C(=O)[C@@H](NC(=O)N5CCOCC5)C(C)C)C4)CC3)c3c2C2CCC3N2C)C1. The highest BCUT2D eigenvalue weighted by Gasteiger charge is 2.47. The van der Waals surface area contributed by atoms with Gasteiger partial charge in [-0.2, -0.15) is 0 Å². The largest absolute Gasteiger partial charge is 0.378 e. The molecule has 6 fully saturated rings. The van der Waals surface area contributed by atoms with Gasteiger partial charge in [0, 0.05) is 119 Å². The van der Waals surface area contributed by atoms with Gasteiger partial charge in [0.25, 0.3) is 0 Å². The molecule has 2 bridgehead atoms. The number of hydrogen-bond acceptors (Lipinski definition) is 10. The van der Waals surface area contributed by atoms with Crippen molar-refractivity contribution < 1.29 is 28.7 Å². The number of amides is 5. The van der Waals surface area contributed by atoms with Crippen LogP contribution in [0.15, 0.2) is 40.1 Å². The lowest BCUT2D eigenvalue weighted by atomic mass is 9.82. The number of hydrogen-bond donors (Lipinski definition) is 1. The summed E-state index contributed by atoms with van der Waals surface area (Å²) in [5.74, 6) is 0.299. The number of likely N-dealkylation sites (tertiary alicyclic amines) is 2. The Balaban J connectivity index is 0.767. The minimum absolute atomic E-state index is 0.00116. The molecule has 15 nitrogen and oxygen atoms in total. The Morgan fingerprint density at radius 2 is 1.26 bits per heavy atom. The number of morpholine rings is 2. The Hall–Kier alpha value is -4.60. The van der Waals surface area contributed by atoms with Gasteiger partial charge in [0.05, 0.1) is 38.5 Å². The fraction of sp³-hybridized carbons (Fsp3) is 0.698. The summed E-state index contributed by atoms with van der Waals surface area (Å²) in [6.07, 6.45) is 14.2. The first kappa shape index (κ1) is 47.1. The van der Waals surface area contributed by atoms with Crippen LogP contribution < -0.4 is 10.2 Å². The fourth-order valence-corrected chi connectivity index (χ4v) is 13.1. The Morgan fingerprint density at radius 1 is 0.662 bits per heavy atom. The van der Waals surface area contributed by atoms with E-state index in [1.54, 1.807) is 4.90 Å². The van der Waals surface area contributed by atoms with Crippen molar-refractivity contribution in [2.75, 3.05) is 90.7 Å². The molecule has 1 aromatic rings. The summed E-state index contributed by atoms with van der Waals surface area (Å²) in [7, 11) is 2.30. The number of piperidine rings is 1. The summed E-state index contributed by atoms with van der Waals surface area (Å²) >= 11 is 0. The predicted molar refractivity (Wildman–Crippen MR) is 263 cm³/mol. The van der Waals surface area contributed by atoms with Crippen molar-refractivity contribution in [2.24, 2.45) is 33.7 Å². The third kappa shape index (κ3) is 9.04. The molecule has 10 rings (SSSR count). The van der Waals surface area contributed by atoms with Gasteiger partial charge in [-0.1, -0.05) is 33.8 Å². The number of carbonyl (C=O) groups excluding carboxylic acids is 4. The van der Waals surface area contributed by atoms with E-state index in [1.165, 1.54) is 46.4 Å². The molecule has 68 heavy (non-hydrogen) atoms. The summed E-state index contributed by atoms with van der Waals surface area (Å²) in [5, 5.41) is 3.08. The summed E-state index contributed by atoms with van der Waals surface area (Å²) in [4.78, 5) is 77.9. The average molecular weight is 934 g/mol. The van der Waals surface area contributed by atoms with Crippen LogP contribution in [0.5, 0.6) is 0 Å². The molecule has 6 atom stereocenters. The molecule has 9 heterocycles. The number of benzene rings is 1. The van der Waals surface area contributed by atoms with Crippen molar-refractivity contribution in [2.45, 2.75) is 129 Å². The van der Waals surface area contributed by atoms with E-state index in [0.717, 1.165) is 75.9 Å². The molecule has 9 aliphatic rings. The standard InChI is InChI=1S/C53H75N9O6/c1-33(2)39(30-47(63)59-20-24-67-25-21-59)51(64)61-16-6-8-42(61)41-29-37(32-55-41)38-10-11-46(49-45-13-12-44(48(38)49)57(45)5)58-18-14-35(15-19-58)36-28-40(54-31-36)43-9-7-17-62(43)52(65)50(34(3)4)56-53(66)60-22-26-68-27-23-60/h10-11,31-35,39,42-45,50H,6-9,12-30H2,1-5H3,(H,56,66)/t39-,42-,43-,44?,45?,50-/m0/s1. The van der Waals surface area contributed by atoms with Crippen LogP contribution in [0.4, 0.5) is 10.5 Å². The third-order valence-electron chi connectivity index (χ3n) is 17.1. The van der Waals surface area contributed by atoms with E-state index in [9.17, 15) is 19.2 Å². The molecule has 6 saturated heterocycles. The number of anilines is 1. The van der Waals surface area contributed by atoms with Gasteiger partial charge in [-0.05, 0) is 110 Å². The van der Waals surface area contributed by atoms with Crippen molar-refractivity contribution in [3.05, 3.63) is 46.8 Å². The average Bonchev–Trinajstić information content (AvgIpc) is 4.24. The van der Waals surface area contributed by atoms with E-state index in [1.807, 2.05) is 23.6 Å². The second-order valence-corrected chi connectivity index (χ2v) is 21.6. The third-order valence-corrected chi connectivity index (χ3v) is 17.1. The number of ether oxygens (including phenoxy) is 2. The first-order valence-electron chi connectivity index (χ1n) is 26.2. The summed E-state index contributed by atoms with van der Waals surface area (Å²) in [6.45, 7) is 16.0. The zero-order valence-electron chi connectivity index (χ0n) is 41.3. The van der Waals surface area contributed by atoms with Crippen molar-refractivity contribution in [3.63, 3.8) is 0 Å². The monoisotopic (exact) mass is 934 g/mol. The highest BCUT2D eigenvalue weighted by atomic mass is 16.5. The molecule has 9 aliphatic heterocycles. The Bertz CT molecular complexity index is 2230. The molecule has 15 heteroatoms. The van der Waals surface area contributed by atoms with Crippen molar-refractivity contribution in [3.8, 4) is 0 Å². The second-order valence-electron chi connectivity index (χ2n) is 21.6. The lowest BCUT2D eigenvalue weighted by molar-refractivity contribution is -0.144. The lowest BCUT2D eigenvalue weighted by Crippen LogP contribution is -2.57. The molecule has 0 radical (unpaired) electrons. The first-order chi connectivity index (χ1) is 33.0. The van der Waals surface area contributed by atoms with E-state index < -0.39 is 6.04 Å². The molecular formula is C53H75N9O6. The number of nitrogens with one attached hydrogen (secondary N) is 1. The van der Waals surface area contributed by atoms with Gasteiger partial charge in [0.2, 0.25) is 17.7 Å². The number of nitrogens with zero attached hydrogens (tertiary/aromatic N) is 8. The number of rotatable bonds is 12. The first-order valence-corrected chi connectivity index (χ1v) is 26.2. The van der Waals surface area contributed by atoms with Crippen molar-refractivity contribution in [1.82, 2.24) is 29.8 Å². The van der Waals surface area contributed by atoms with Crippen LogP contribution in [-0.4, -0.2) is 164 Å². The number of fused-ring (bicyclic) bond motifs is 5. The van der Waals surface area contributed by atoms with Crippen LogP contribution in [0, 0.1) is 23.7 Å². The highest BCUT2D eigenvalue weighted by Crippen LogP contribution is 2.57. The maximum Gasteiger partial charge on any atom is 0.318 e. The smallest absolute Gasteiger partial charge is 0.318 e.